The smallest absolute Gasteiger partial charge is 0.410 e. The quantitative estimate of drug-likeness (QED) is 0.212. The van der Waals surface area contributed by atoms with E-state index in [4.69, 9.17) is 19.4 Å². The highest BCUT2D eigenvalue weighted by Gasteiger charge is 2.42. The third kappa shape index (κ3) is 6.54. The van der Waals surface area contributed by atoms with E-state index in [1.807, 2.05) is 30.3 Å². The van der Waals surface area contributed by atoms with Crippen LogP contribution in [-0.4, -0.2) is 83.8 Å². The Morgan fingerprint density at radius 3 is 2.56 bits per heavy atom. The minimum absolute atomic E-state index is 0.116. The summed E-state index contributed by atoms with van der Waals surface area (Å²) >= 11 is 0. The van der Waals surface area contributed by atoms with Crippen molar-refractivity contribution in [3.05, 3.63) is 89.1 Å². The van der Waals surface area contributed by atoms with E-state index >= 15 is 0 Å². The fraction of sp³-hybridized carbons (Fsp3) is 0.450. The van der Waals surface area contributed by atoms with Gasteiger partial charge in [-0.15, -0.1) is 0 Å². The monoisotopic (exact) mass is 673 g/mol. The van der Waals surface area contributed by atoms with Gasteiger partial charge in [0.1, 0.15) is 19.0 Å². The number of rotatable bonds is 8. The van der Waals surface area contributed by atoms with Crippen LogP contribution in [0, 0.1) is 24.2 Å². The summed E-state index contributed by atoms with van der Waals surface area (Å²) in [5.41, 5.74) is 5.34. The first-order chi connectivity index (χ1) is 24.2. The molecule has 4 aromatic rings. The van der Waals surface area contributed by atoms with E-state index in [0.29, 0.717) is 44.7 Å². The van der Waals surface area contributed by atoms with Gasteiger partial charge >= 0.3 is 12.1 Å². The molecule has 0 saturated carbocycles. The highest BCUT2D eigenvalue weighted by Crippen LogP contribution is 2.37. The second-order valence-corrected chi connectivity index (χ2v) is 14.3. The molecule has 10 heteroatoms. The second-order valence-electron chi connectivity index (χ2n) is 14.3. The summed E-state index contributed by atoms with van der Waals surface area (Å²) in [5, 5.41) is 12.3. The van der Waals surface area contributed by atoms with Gasteiger partial charge in [0, 0.05) is 42.8 Å². The van der Waals surface area contributed by atoms with Gasteiger partial charge < -0.3 is 24.2 Å². The zero-order valence-corrected chi connectivity index (χ0v) is 29.6. The standard InChI is InChI=1S/C40H47N7O3/c1-28-10-8-13-31-14-9-15-35(36(28)31)45-21-18-33-34(25-45)42-38(50-27-40(3)29(2)17-20-44(40)4)43-37(33)46-22-23-47(32(24-46)16-19-41)39(48)49-26-30-11-6-5-7-12-30/h5-15,29,32H,16-18,20-27H2,1-4H3/t29?,32-,40+/m0/s1. The zero-order valence-electron chi connectivity index (χ0n) is 29.6. The summed E-state index contributed by atoms with van der Waals surface area (Å²) in [6, 6.07) is 25.0. The number of likely N-dealkylation sites (tertiary alicyclic amines) is 1. The predicted molar refractivity (Wildman–Crippen MR) is 195 cm³/mol. The van der Waals surface area contributed by atoms with E-state index in [1.54, 1.807) is 4.90 Å². The minimum atomic E-state index is -0.397. The highest BCUT2D eigenvalue weighted by atomic mass is 16.6. The van der Waals surface area contributed by atoms with Gasteiger partial charge in [-0.1, -0.05) is 67.6 Å². The number of carbonyl (C=O) groups excluding carboxylic acids is 1. The summed E-state index contributed by atoms with van der Waals surface area (Å²) in [5.74, 6) is 1.33. The maximum Gasteiger partial charge on any atom is 0.410 e. The number of nitrogens with zero attached hydrogens (tertiary/aromatic N) is 7. The van der Waals surface area contributed by atoms with Crippen LogP contribution in [0.4, 0.5) is 16.3 Å². The largest absolute Gasteiger partial charge is 0.461 e. The Labute approximate surface area is 295 Å². The number of hydrogen-bond acceptors (Lipinski definition) is 9. The van der Waals surface area contributed by atoms with Crippen molar-refractivity contribution in [2.45, 2.75) is 64.8 Å². The van der Waals surface area contributed by atoms with Crippen LogP contribution in [-0.2, 0) is 24.3 Å². The van der Waals surface area contributed by atoms with E-state index in [0.717, 1.165) is 48.6 Å². The van der Waals surface area contributed by atoms with E-state index in [9.17, 15) is 10.1 Å². The molecule has 1 aromatic heterocycles. The van der Waals surface area contributed by atoms with Crippen molar-refractivity contribution >= 4 is 28.4 Å². The number of anilines is 2. The number of piperazine rings is 1. The van der Waals surface area contributed by atoms with Crippen molar-refractivity contribution in [1.29, 1.82) is 5.26 Å². The molecule has 1 unspecified atom stereocenters. The number of benzene rings is 3. The van der Waals surface area contributed by atoms with Gasteiger partial charge in [0.2, 0.25) is 0 Å². The van der Waals surface area contributed by atoms with E-state index in [-0.39, 0.29) is 24.6 Å². The number of ether oxygens (including phenoxy) is 2. The Morgan fingerprint density at radius 1 is 1.00 bits per heavy atom. The lowest BCUT2D eigenvalue weighted by Gasteiger charge is -2.42. The summed E-state index contributed by atoms with van der Waals surface area (Å²) in [7, 11) is 2.16. The Kier molecular flexibility index (Phi) is 9.52. The molecule has 3 aliphatic heterocycles. The van der Waals surface area contributed by atoms with Crippen LogP contribution in [0.3, 0.4) is 0 Å². The first kappa shape index (κ1) is 33.6. The van der Waals surface area contributed by atoms with Gasteiger partial charge in [0.25, 0.3) is 0 Å². The van der Waals surface area contributed by atoms with Crippen molar-refractivity contribution in [1.82, 2.24) is 19.8 Å². The molecule has 50 heavy (non-hydrogen) atoms. The van der Waals surface area contributed by atoms with Crippen molar-refractivity contribution in [3.8, 4) is 12.1 Å². The number of hydrogen-bond donors (Lipinski definition) is 0. The van der Waals surface area contributed by atoms with Gasteiger partial charge in [-0.2, -0.15) is 15.2 Å². The van der Waals surface area contributed by atoms with Crippen LogP contribution >= 0.6 is 0 Å². The topological polar surface area (TPSA) is 98.1 Å². The normalized spacial score (nSPS) is 22.3. The van der Waals surface area contributed by atoms with Gasteiger partial charge in [-0.3, -0.25) is 4.90 Å². The Balaban J connectivity index is 1.18. The van der Waals surface area contributed by atoms with Crippen LogP contribution in [0.2, 0.25) is 0 Å². The van der Waals surface area contributed by atoms with Crippen LogP contribution in [0.15, 0.2) is 66.7 Å². The number of fused-ring (bicyclic) bond motifs is 2. The number of carbonyl (C=O) groups is 1. The first-order valence-corrected chi connectivity index (χ1v) is 17.8. The zero-order chi connectivity index (χ0) is 34.8. The molecule has 3 atom stereocenters. The number of amides is 1. The van der Waals surface area contributed by atoms with Gasteiger partial charge in [0.15, 0.2) is 0 Å². The average molecular weight is 674 g/mol. The Bertz CT molecular complexity index is 1880. The summed E-state index contributed by atoms with van der Waals surface area (Å²) in [6.45, 7) is 11.4. The predicted octanol–water partition coefficient (Wildman–Crippen LogP) is 6.35. The molecule has 3 aromatic carbocycles. The van der Waals surface area contributed by atoms with E-state index in [1.165, 1.54) is 22.0 Å². The lowest BCUT2D eigenvalue weighted by Crippen LogP contribution is -2.55. The van der Waals surface area contributed by atoms with Gasteiger partial charge in [-0.25, -0.2) is 4.79 Å². The number of likely N-dealkylation sites (N-methyl/N-ethyl adjacent to an activating group) is 1. The molecule has 4 heterocycles. The molecule has 0 aliphatic carbocycles. The van der Waals surface area contributed by atoms with Crippen LogP contribution in [0.25, 0.3) is 10.8 Å². The minimum Gasteiger partial charge on any atom is -0.461 e. The van der Waals surface area contributed by atoms with E-state index < -0.39 is 6.09 Å². The Morgan fingerprint density at radius 2 is 1.80 bits per heavy atom. The molecule has 0 radical (unpaired) electrons. The van der Waals surface area contributed by atoms with Crippen LogP contribution in [0.5, 0.6) is 6.01 Å². The second kappa shape index (κ2) is 14.2. The van der Waals surface area contributed by atoms with Gasteiger partial charge in [-0.05, 0) is 68.8 Å². The fourth-order valence-electron chi connectivity index (χ4n) is 7.85. The SMILES string of the molecule is Cc1cccc2cccc(N3CCc4c(nc(OC[C@]5(C)C(C)CCN5C)nc4N4CCN(C(=O)OCc5ccccc5)[C@@H](CC#N)C4)C3)c12. The highest BCUT2D eigenvalue weighted by molar-refractivity contribution is 5.97. The average Bonchev–Trinajstić information content (AvgIpc) is 3.39. The molecule has 7 rings (SSSR count). The molecule has 10 nitrogen and oxygen atoms in total. The molecule has 2 saturated heterocycles. The first-order valence-electron chi connectivity index (χ1n) is 17.8. The maximum atomic E-state index is 13.3. The molecule has 260 valence electrons. The number of nitriles is 1. The van der Waals surface area contributed by atoms with Crippen molar-refractivity contribution < 1.29 is 14.3 Å². The van der Waals surface area contributed by atoms with Crippen LogP contribution in [0.1, 0.15) is 49.1 Å². The van der Waals surface area contributed by atoms with Crippen molar-refractivity contribution in [3.63, 3.8) is 0 Å². The molecule has 3 aliphatic rings. The van der Waals surface area contributed by atoms with Crippen molar-refractivity contribution in [2.24, 2.45) is 5.92 Å². The fourth-order valence-corrected chi connectivity index (χ4v) is 7.85. The molecule has 1 amide bonds. The molecule has 0 N–H and O–H groups in total. The molecular weight excluding hydrogens is 626 g/mol. The Hall–Kier alpha value is -4.88. The summed E-state index contributed by atoms with van der Waals surface area (Å²) < 4.78 is 12.2. The molecular formula is C40H47N7O3. The third-order valence-electron chi connectivity index (χ3n) is 11.3. The molecule has 0 spiro atoms. The molecule has 0 bridgehead atoms. The van der Waals surface area contributed by atoms with Crippen LogP contribution < -0.4 is 14.5 Å². The number of aryl methyl sites for hydroxylation is 1. The van der Waals surface area contributed by atoms with Crippen molar-refractivity contribution in [2.75, 3.05) is 56.2 Å². The van der Waals surface area contributed by atoms with Gasteiger partial charge in [0.05, 0.1) is 36.3 Å². The maximum absolute atomic E-state index is 13.3. The molecule has 2 fully saturated rings. The summed E-state index contributed by atoms with van der Waals surface area (Å²) in [4.78, 5) is 32.2. The number of aromatic nitrogens is 2. The third-order valence-corrected chi connectivity index (χ3v) is 11.3. The summed E-state index contributed by atoms with van der Waals surface area (Å²) in [6.07, 6.45) is 1.70. The van der Waals surface area contributed by atoms with E-state index in [2.05, 4.69) is 85.0 Å². The lowest BCUT2D eigenvalue weighted by molar-refractivity contribution is 0.0762. The lowest BCUT2D eigenvalue weighted by atomic mass is 9.89.